The lowest BCUT2D eigenvalue weighted by molar-refractivity contribution is -0.143. The topological polar surface area (TPSA) is 53.2 Å². The van der Waals surface area contributed by atoms with E-state index >= 15 is 0 Å². The molecule has 2 amide bonds. The molecule has 1 saturated heterocycles. The minimum Gasteiger partial charge on any atom is -0.338 e. The van der Waals surface area contributed by atoms with Gasteiger partial charge in [0.25, 0.3) is 0 Å². The van der Waals surface area contributed by atoms with Crippen LogP contribution in [0.3, 0.4) is 0 Å². The highest BCUT2D eigenvalue weighted by molar-refractivity contribution is 5.73. The number of hydrogen-bond acceptors (Lipinski definition) is 2. The van der Waals surface area contributed by atoms with E-state index in [-0.39, 0.29) is 11.6 Å². The van der Waals surface area contributed by atoms with Crippen LogP contribution in [-0.2, 0) is 18.9 Å². The highest BCUT2D eigenvalue weighted by Crippen LogP contribution is 2.36. The van der Waals surface area contributed by atoms with Crippen molar-refractivity contribution in [2.75, 3.05) is 19.6 Å². The quantitative estimate of drug-likeness (QED) is 0.697. The van der Waals surface area contributed by atoms with Crippen LogP contribution in [-0.4, -0.2) is 25.7 Å². The summed E-state index contributed by atoms with van der Waals surface area (Å²) in [4.78, 5) is 11.7. The lowest BCUT2D eigenvalue weighted by Gasteiger charge is -2.22. The minimum atomic E-state index is -4.91. The van der Waals surface area contributed by atoms with Crippen molar-refractivity contribution >= 4 is 6.03 Å². The van der Waals surface area contributed by atoms with E-state index in [1.165, 1.54) is 0 Å². The van der Waals surface area contributed by atoms with Gasteiger partial charge in [0.1, 0.15) is 0 Å². The van der Waals surface area contributed by atoms with E-state index in [0.717, 1.165) is 25.9 Å². The largest absolute Gasteiger partial charge is 0.416 e. The van der Waals surface area contributed by atoms with Gasteiger partial charge in [-0.2, -0.15) is 26.3 Å². The molecule has 1 heterocycles. The third-order valence-electron chi connectivity index (χ3n) is 4.11. The van der Waals surface area contributed by atoms with Gasteiger partial charge in [-0.05, 0) is 55.6 Å². The molecular formula is C16H19F6N3O. The summed E-state index contributed by atoms with van der Waals surface area (Å²) < 4.78 is 76.7. The van der Waals surface area contributed by atoms with Crippen LogP contribution >= 0.6 is 0 Å². The predicted molar refractivity (Wildman–Crippen MR) is 82.3 cm³/mol. The monoisotopic (exact) mass is 383 g/mol. The average molecular weight is 383 g/mol. The Kier molecular flexibility index (Phi) is 6.38. The van der Waals surface area contributed by atoms with Crippen LogP contribution < -0.4 is 16.0 Å². The fraction of sp³-hybridized carbons (Fsp3) is 0.562. The predicted octanol–water partition coefficient (Wildman–Crippen LogP) is 3.52. The number of nitrogens with one attached hydrogen (secondary N) is 3. The normalized spacial score (nSPS) is 16.4. The summed E-state index contributed by atoms with van der Waals surface area (Å²) in [6.45, 7) is 1.66. The Labute approximate surface area is 146 Å². The molecule has 0 bridgehead atoms. The molecule has 3 N–H and O–H groups in total. The summed E-state index contributed by atoms with van der Waals surface area (Å²) in [5.74, 6) is 0.299. The first kappa shape index (κ1) is 20.3. The maximum atomic E-state index is 12.8. The number of urea groups is 1. The molecule has 4 nitrogen and oxygen atoms in total. The van der Waals surface area contributed by atoms with Crippen molar-refractivity contribution < 1.29 is 31.1 Å². The zero-order valence-corrected chi connectivity index (χ0v) is 13.7. The number of amides is 2. The lowest BCUT2D eigenvalue weighted by atomic mass is 9.98. The van der Waals surface area contributed by atoms with Gasteiger partial charge in [0, 0.05) is 13.1 Å². The molecule has 1 aliphatic heterocycles. The fourth-order valence-electron chi connectivity index (χ4n) is 2.69. The van der Waals surface area contributed by atoms with Crippen molar-refractivity contribution in [3.63, 3.8) is 0 Å². The van der Waals surface area contributed by atoms with Crippen LogP contribution in [0.1, 0.15) is 29.5 Å². The first-order chi connectivity index (χ1) is 12.1. The third-order valence-corrected chi connectivity index (χ3v) is 4.11. The Hall–Kier alpha value is -1.97. The molecule has 0 aliphatic carbocycles. The molecule has 0 radical (unpaired) electrons. The second kappa shape index (κ2) is 8.15. The van der Waals surface area contributed by atoms with Crippen LogP contribution in [0.25, 0.3) is 0 Å². The van der Waals surface area contributed by atoms with Crippen LogP contribution in [0.15, 0.2) is 18.2 Å². The second-order valence-corrected chi connectivity index (χ2v) is 6.17. The van der Waals surface area contributed by atoms with Crippen molar-refractivity contribution in [2.24, 2.45) is 5.92 Å². The van der Waals surface area contributed by atoms with Gasteiger partial charge < -0.3 is 16.0 Å². The molecule has 10 heteroatoms. The van der Waals surface area contributed by atoms with E-state index in [4.69, 9.17) is 0 Å². The Morgan fingerprint density at radius 1 is 0.962 bits per heavy atom. The summed E-state index contributed by atoms with van der Waals surface area (Å²) in [7, 11) is 0. The first-order valence-electron chi connectivity index (χ1n) is 8.06. The van der Waals surface area contributed by atoms with Gasteiger partial charge >= 0.3 is 18.4 Å². The maximum Gasteiger partial charge on any atom is 0.416 e. The first-order valence-corrected chi connectivity index (χ1v) is 8.06. The SMILES string of the molecule is O=C(NCc1cc(C(F)(F)F)cc(C(F)(F)F)c1)NCC1CCNCC1. The summed E-state index contributed by atoms with van der Waals surface area (Å²) in [5.41, 5.74) is -3.08. The number of rotatable bonds is 4. The second-order valence-electron chi connectivity index (χ2n) is 6.17. The van der Waals surface area contributed by atoms with Crippen molar-refractivity contribution in [2.45, 2.75) is 31.7 Å². The Morgan fingerprint density at radius 2 is 1.50 bits per heavy atom. The zero-order valence-electron chi connectivity index (χ0n) is 13.7. The van der Waals surface area contributed by atoms with E-state index in [1.807, 2.05) is 0 Å². The van der Waals surface area contributed by atoms with Crippen molar-refractivity contribution in [1.82, 2.24) is 16.0 Å². The molecule has 1 aliphatic rings. The van der Waals surface area contributed by atoms with Crippen molar-refractivity contribution in [1.29, 1.82) is 0 Å². The molecular weight excluding hydrogens is 364 g/mol. The number of halogens is 6. The van der Waals surface area contributed by atoms with E-state index in [0.29, 0.717) is 24.6 Å². The highest BCUT2D eigenvalue weighted by atomic mass is 19.4. The molecule has 0 saturated carbocycles. The Bertz CT molecular complexity index is 591. The van der Waals surface area contributed by atoms with Crippen LogP contribution in [0, 0.1) is 5.92 Å². The highest BCUT2D eigenvalue weighted by Gasteiger charge is 2.36. The third kappa shape index (κ3) is 6.08. The molecule has 1 aromatic carbocycles. The van der Waals surface area contributed by atoms with E-state index in [9.17, 15) is 31.1 Å². The number of benzene rings is 1. The zero-order chi connectivity index (χ0) is 19.4. The van der Waals surface area contributed by atoms with Gasteiger partial charge in [0.15, 0.2) is 0 Å². The molecule has 0 spiro atoms. The van der Waals surface area contributed by atoms with Crippen LogP contribution in [0.5, 0.6) is 0 Å². The van der Waals surface area contributed by atoms with Gasteiger partial charge in [-0.3, -0.25) is 0 Å². The Morgan fingerprint density at radius 3 is 2.00 bits per heavy atom. The average Bonchev–Trinajstić information content (AvgIpc) is 2.57. The summed E-state index contributed by atoms with van der Waals surface area (Å²) in [6.07, 6.45) is -8.04. The number of carbonyl (C=O) groups excluding carboxylic acids is 1. The van der Waals surface area contributed by atoms with Gasteiger partial charge in [0.05, 0.1) is 11.1 Å². The summed E-state index contributed by atoms with van der Waals surface area (Å²) >= 11 is 0. The van der Waals surface area contributed by atoms with Gasteiger partial charge in [-0.1, -0.05) is 0 Å². The van der Waals surface area contributed by atoms with Gasteiger partial charge in [-0.25, -0.2) is 4.79 Å². The number of carbonyl (C=O) groups is 1. The van der Waals surface area contributed by atoms with Crippen LogP contribution in [0.4, 0.5) is 31.1 Å². The summed E-state index contributed by atoms with van der Waals surface area (Å²) in [5, 5.41) is 8.06. The Balaban J connectivity index is 1.98. The van der Waals surface area contributed by atoms with E-state index in [2.05, 4.69) is 16.0 Å². The van der Waals surface area contributed by atoms with Gasteiger partial charge in [0.2, 0.25) is 0 Å². The van der Waals surface area contributed by atoms with Crippen LogP contribution in [0.2, 0.25) is 0 Å². The summed E-state index contributed by atoms with van der Waals surface area (Å²) in [6, 6.07) is 0.625. The molecule has 0 atom stereocenters. The minimum absolute atomic E-state index is 0.0562. The number of hydrogen-bond donors (Lipinski definition) is 3. The lowest BCUT2D eigenvalue weighted by Crippen LogP contribution is -2.40. The van der Waals surface area contributed by atoms with Crippen molar-refractivity contribution in [3.05, 3.63) is 34.9 Å². The number of alkyl halides is 6. The molecule has 1 fully saturated rings. The standard InChI is InChI=1S/C16H19F6N3O/c17-15(18,19)12-5-11(6-13(7-12)16(20,21)22)9-25-14(26)24-8-10-1-3-23-4-2-10/h5-7,10,23H,1-4,8-9H2,(H2,24,25,26). The molecule has 2 rings (SSSR count). The molecule has 0 aromatic heterocycles. The number of piperidine rings is 1. The van der Waals surface area contributed by atoms with Crippen molar-refractivity contribution in [3.8, 4) is 0 Å². The van der Waals surface area contributed by atoms with Gasteiger partial charge in [-0.15, -0.1) is 0 Å². The molecule has 146 valence electrons. The molecule has 1 aromatic rings. The molecule has 26 heavy (non-hydrogen) atoms. The molecule has 0 unspecified atom stereocenters. The smallest absolute Gasteiger partial charge is 0.338 e. The van der Waals surface area contributed by atoms with E-state index < -0.39 is 36.1 Å². The van der Waals surface area contributed by atoms with E-state index in [1.54, 1.807) is 0 Å². The maximum absolute atomic E-state index is 12.8. The fourth-order valence-corrected chi connectivity index (χ4v) is 2.69.